The van der Waals surface area contributed by atoms with E-state index in [4.69, 9.17) is 16.3 Å². The maximum Gasteiger partial charge on any atom is 0.295 e. The number of ketones is 1. The smallest absolute Gasteiger partial charge is 0.295 e. The Hall–Kier alpha value is -2.99. The van der Waals surface area contributed by atoms with E-state index >= 15 is 0 Å². The Morgan fingerprint density at radius 2 is 1.84 bits per heavy atom. The molecule has 1 fully saturated rings. The van der Waals surface area contributed by atoms with E-state index in [0.717, 1.165) is 6.42 Å². The van der Waals surface area contributed by atoms with Crippen LogP contribution in [0.2, 0.25) is 5.02 Å². The Morgan fingerprint density at radius 1 is 1.16 bits per heavy atom. The normalized spacial score (nSPS) is 17.9. The Bertz CT molecular complexity index is 1030. The number of aromatic hydroxyl groups is 1. The minimum atomic E-state index is -0.795. The summed E-state index contributed by atoms with van der Waals surface area (Å²) in [5.74, 6) is -0.733. The number of rotatable bonds is 8. The van der Waals surface area contributed by atoms with Crippen molar-refractivity contribution in [1.29, 1.82) is 0 Å². The molecule has 1 unspecified atom stereocenters. The molecule has 1 heterocycles. The van der Waals surface area contributed by atoms with Crippen LogP contribution in [-0.4, -0.2) is 40.0 Å². The van der Waals surface area contributed by atoms with Crippen molar-refractivity contribution >= 4 is 29.1 Å². The third-order valence-electron chi connectivity index (χ3n) is 5.29. The standard InChI is InChI=1S/C25H28ClNO5/c1-4-5-12-27-22(17-8-11-20(28)19(26)13-17)21(24(30)25(27)31)23(29)16-6-9-18(10-7-16)32-14-15(2)3/h6-11,13,15,22,28-29H,4-5,12,14H2,1-3H3/b23-21-. The van der Waals surface area contributed by atoms with E-state index < -0.39 is 17.7 Å². The fourth-order valence-electron chi connectivity index (χ4n) is 3.61. The summed E-state index contributed by atoms with van der Waals surface area (Å²) in [6.07, 6.45) is 1.54. The Morgan fingerprint density at radius 3 is 2.44 bits per heavy atom. The molecule has 2 aromatic rings. The minimum absolute atomic E-state index is 0.00343. The number of hydrogen-bond donors (Lipinski definition) is 2. The van der Waals surface area contributed by atoms with Crippen LogP contribution in [0.1, 0.15) is 50.8 Å². The van der Waals surface area contributed by atoms with Gasteiger partial charge in [0.2, 0.25) is 0 Å². The number of nitrogens with zero attached hydrogens (tertiary/aromatic N) is 1. The van der Waals surface area contributed by atoms with Gasteiger partial charge in [0.1, 0.15) is 17.3 Å². The van der Waals surface area contributed by atoms with Gasteiger partial charge in [-0.15, -0.1) is 0 Å². The van der Waals surface area contributed by atoms with Crippen molar-refractivity contribution in [3.05, 3.63) is 64.2 Å². The number of carbonyl (C=O) groups is 2. The molecule has 0 aliphatic carbocycles. The molecule has 7 heteroatoms. The van der Waals surface area contributed by atoms with Crippen molar-refractivity contribution in [2.24, 2.45) is 5.92 Å². The van der Waals surface area contributed by atoms with Crippen LogP contribution >= 0.6 is 11.6 Å². The summed E-state index contributed by atoms with van der Waals surface area (Å²) in [5.41, 5.74) is 0.954. The second-order valence-corrected chi connectivity index (χ2v) is 8.69. The summed E-state index contributed by atoms with van der Waals surface area (Å²) in [7, 11) is 0. The Balaban J connectivity index is 2.05. The molecular weight excluding hydrogens is 430 g/mol. The summed E-state index contributed by atoms with van der Waals surface area (Å²) in [4.78, 5) is 27.2. The number of carbonyl (C=O) groups excluding carboxylic acids is 2. The van der Waals surface area contributed by atoms with Crippen LogP contribution < -0.4 is 4.74 Å². The van der Waals surface area contributed by atoms with E-state index in [-0.39, 0.29) is 22.1 Å². The molecule has 3 rings (SSSR count). The molecule has 0 bridgehead atoms. The topological polar surface area (TPSA) is 87.1 Å². The van der Waals surface area contributed by atoms with E-state index in [0.29, 0.717) is 42.4 Å². The molecule has 32 heavy (non-hydrogen) atoms. The van der Waals surface area contributed by atoms with Crippen molar-refractivity contribution in [3.8, 4) is 11.5 Å². The van der Waals surface area contributed by atoms with Crippen molar-refractivity contribution in [1.82, 2.24) is 4.90 Å². The van der Waals surface area contributed by atoms with Crippen LogP contribution in [0.5, 0.6) is 11.5 Å². The lowest BCUT2D eigenvalue weighted by Crippen LogP contribution is -2.30. The number of benzene rings is 2. The predicted octanol–water partition coefficient (Wildman–Crippen LogP) is 5.30. The number of unbranched alkanes of at least 4 members (excludes halogenated alkanes) is 1. The summed E-state index contributed by atoms with van der Waals surface area (Å²) >= 11 is 6.10. The molecular formula is C25H28ClNO5. The van der Waals surface area contributed by atoms with Crippen molar-refractivity contribution in [2.45, 2.75) is 39.7 Å². The molecule has 0 saturated carbocycles. The van der Waals surface area contributed by atoms with Gasteiger partial charge in [-0.2, -0.15) is 0 Å². The van der Waals surface area contributed by atoms with Gasteiger partial charge in [0, 0.05) is 12.1 Å². The average molecular weight is 458 g/mol. The van der Waals surface area contributed by atoms with Gasteiger partial charge in [-0.1, -0.05) is 44.9 Å². The minimum Gasteiger partial charge on any atom is -0.507 e. The van der Waals surface area contributed by atoms with E-state index in [1.54, 1.807) is 30.3 Å². The first-order chi connectivity index (χ1) is 15.2. The van der Waals surface area contributed by atoms with Crippen LogP contribution in [0.4, 0.5) is 0 Å². The highest BCUT2D eigenvalue weighted by atomic mass is 35.5. The third kappa shape index (κ3) is 4.91. The van der Waals surface area contributed by atoms with Gasteiger partial charge in [0.05, 0.1) is 23.2 Å². The van der Waals surface area contributed by atoms with Crippen molar-refractivity contribution in [2.75, 3.05) is 13.2 Å². The molecule has 2 aromatic carbocycles. The van der Waals surface area contributed by atoms with E-state index in [2.05, 4.69) is 0 Å². The van der Waals surface area contributed by atoms with Crippen LogP contribution in [0.25, 0.3) is 5.76 Å². The molecule has 1 amide bonds. The van der Waals surface area contributed by atoms with Crippen LogP contribution in [0, 0.1) is 5.92 Å². The van der Waals surface area contributed by atoms with Gasteiger partial charge in [0.15, 0.2) is 0 Å². The monoisotopic (exact) mass is 457 g/mol. The van der Waals surface area contributed by atoms with Gasteiger partial charge >= 0.3 is 0 Å². The number of halogens is 1. The summed E-state index contributed by atoms with van der Waals surface area (Å²) < 4.78 is 5.68. The van der Waals surface area contributed by atoms with E-state index in [9.17, 15) is 19.8 Å². The van der Waals surface area contributed by atoms with E-state index in [1.807, 2.05) is 20.8 Å². The number of hydrogen-bond acceptors (Lipinski definition) is 5. The number of phenolic OH excluding ortho intramolecular Hbond substituents is 1. The van der Waals surface area contributed by atoms with E-state index in [1.165, 1.54) is 17.0 Å². The highest BCUT2D eigenvalue weighted by molar-refractivity contribution is 6.46. The molecule has 6 nitrogen and oxygen atoms in total. The number of phenols is 1. The molecule has 2 N–H and O–H groups in total. The zero-order valence-corrected chi connectivity index (χ0v) is 19.2. The van der Waals surface area contributed by atoms with Gasteiger partial charge in [0.25, 0.3) is 11.7 Å². The highest BCUT2D eigenvalue weighted by Gasteiger charge is 2.45. The summed E-state index contributed by atoms with van der Waals surface area (Å²) in [6.45, 7) is 7.02. The lowest BCUT2D eigenvalue weighted by molar-refractivity contribution is -0.139. The first-order valence-electron chi connectivity index (χ1n) is 10.7. The second kappa shape index (κ2) is 10.1. The maximum absolute atomic E-state index is 13.0. The molecule has 1 saturated heterocycles. The molecule has 0 aromatic heterocycles. The number of ether oxygens (including phenoxy) is 1. The maximum atomic E-state index is 13.0. The van der Waals surface area contributed by atoms with Crippen LogP contribution in [-0.2, 0) is 9.59 Å². The van der Waals surface area contributed by atoms with Gasteiger partial charge in [-0.3, -0.25) is 9.59 Å². The number of likely N-dealkylation sites (tertiary alicyclic amines) is 1. The molecule has 0 spiro atoms. The Labute approximate surface area is 193 Å². The largest absolute Gasteiger partial charge is 0.507 e. The zero-order valence-electron chi connectivity index (χ0n) is 18.5. The Kier molecular flexibility index (Phi) is 7.46. The number of aliphatic hydroxyl groups excluding tert-OH is 1. The fourth-order valence-corrected chi connectivity index (χ4v) is 3.80. The molecule has 1 aliphatic rings. The number of Topliss-reactive ketones (excluding diaryl/α,β-unsaturated/α-hetero) is 1. The number of amides is 1. The summed E-state index contributed by atoms with van der Waals surface area (Å²) in [6, 6.07) is 10.5. The van der Waals surface area contributed by atoms with Gasteiger partial charge < -0.3 is 19.8 Å². The first-order valence-corrected chi connectivity index (χ1v) is 11.1. The van der Waals surface area contributed by atoms with Crippen LogP contribution in [0.15, 0.2) is 48.0 Å². The fraction of sp³-hybridized carbons (Fsp3) is 0.360. The van der Waals surface area contributed by atoms with Gasteiger partial charge in [-0.05, 0) is 54.3 Å². The predicted molar refractivity (Wildman–Crippen MR) is 124 cm³/mol. The van der Waals surface area contributed by atoms with Gasteiger partial charge in [-0.25, -0.2) is 0 Å². The van der Waals surface area contributed by atoms with Crippen molar-refractivity contribution in [3.63, 3.8) is 0 Å². The number of aliphatic hydroxyl groups is 1. The zero-order chi connectivity index (χ0) is 23.4. The first kappa shape index (κ1) is 23.7. The third-order valence-corrected chi connectivity index (χ3v) is 5.59. The molecule has 1 aliphatic heterocycles. The lowest BCUT2D eigenvalue weighted by atomic mass is 9.95. The highest BCUT2D eigenvalue weighted by Crippen LogP contribution is 2.41. The SMILES string of the molecule is CCCCN1C(=O)C(=O)/C(=C(\O)c2ccc(OCC(C)C)cc2)C1c1ccc(O)c(Cl)c1. The summed E-state index contributed by atoms with van der Waals surface area (Å²) in [5, 5.41) is 21.0. The average Bonchev–Trinajstić information content (AvgIpc) is 3.02. The lowest BCUT2D eigenvalue weighted by Gasteiger charge is -2.25. The second-order valence-electron chi connectivity index (χ2n) is 8.29. The molecule has 170 valence electrons. The van der Waals surface area contributed by atoms with Crippen molar-refractivity contribution < 1.29 is 24.5 Å². The quantitative estimate of drug-likeness (QED) is 0.319. The van der Waals surface area contributed by atoms with Crippen LogP contribution in [0.3, 0.4) is 0 Å². The molecule has 1 atom stereocenters. The molecule has 0 radical (unpaired) electrons.